The summed E-state index contributed by atoms with van der Waals surface area (Å²) in [6.07, 6.45) is 2.18. The zero-order valence-electron chi connectivity index (χ0n) is 15.9. The van der Waals surface area contributed by atoms with Crippen LogP contribution in [0.4, 0.5) is 10.2 Å². The largest absolute Gasteiger partial charge is 0.376 e. The Morgan fingerprint density at radius 1 is 1.24 bits per heavy atom. The third-order valence-electron chi connectivity index (χ3n) is 5.00. The van der Waals surface area contributed by atoms with E-state index in [1.54, 1.807) is 28.6 Å². The minimum absolute atomic E-state index is 0.0382. The molecule has 0 spiro atoms. The Hall–Kier alpha value is -2.39. The molecule has 3 heterocycles. The van der Waals surface area contributed by atoms with E-state index < -0.39 is 0 Å². The van der Waals surface area contributed by atoms with Crippen LogP contribution in [-0.4, -0.2) is 40.9 Å². The van der Waals surface area contributed by atoms with Gasteiger partial charge >= 0.3 is 0 Å². The molecular formula is C20H23FN4O3S. The summed E-state index contributed by atoms with van der Waals surface area (Å²) in [5.41, 5.74) is 2.59. The van der Waals surface area contributed by atoms with Crippen molar-refractivity contribution in [2.75, 3.05) is 18.5 Å². The number of aromatic nitrogens is 2. The van der Waals surface area contributed by atoms with E-state index >= 15 is 0 Å². The standard InChI is InChI=1S/C20H23FN4O3S/c21-14-5-3-13(4-6-14)8-18(26)23-20-16-11-29-12-17(16)24-25(20)10-19(27)22-9-15-2-1-7-28-15/h3-6,15H,1-2,7-12H2,(H,22,27)(H,23,26). The number of hydrogen-bond acceptors (Lipinski definition) is 5. The van der Waals surface area contributed by atoms with E-state index in [4.69, 9.17) is 4.74 Å². The molecule has 1 fully saturated rings. The van der Waals surface area contributed by atoms with E-state index in [9.17, 15) is 14.0 Å². The second-order valence-electron chi connectivity index (χ2n) is 7.21. The molecule has 0 bridgehead atoms. The van der Waals surface area contributed by atoms with Gasteiger partial charge in [0.2, 0.25) is 11.8 Å². The zero-order chi connectivity index (χ0) is 20.2. The number of hydrogen-bond donors (Lipinski definition) is 2. The highest BCUT2D eigenvalue weighted by Gasteiger charge is 2.25. The molecule has 4 rings (SSSR count). The van der Waals surface area contributed by atoms with E-state index in [1.165, 1.54) is 12.1 Å². The topological polar surface area (TPSA) is 85.2 Å². The van der Waals surface area contributed by atoms with E-state index in [1.807, 2.05) is 0 Å². The molecule has 1 aromatic heterocycles. The maximum Gasteiger partial charge on any atom is 0.241 e. The van der Waals surface area contributed by atoms with Crippen LogP contribution >= 0.6 is 11.8 Å². The fourth-order valence-electron chi connectivity index (χ4n) is 3.51. The summed E-state index contributed by atoms with van der Waals surface area (Å²) in [5, 5.41) is 10.3. The number of benzene rings is 1. The summed E-state index contributed by atoms with van der Waals surface area (Å²) < 4.78 is 20.1. The predicted molar refractivity (Wildman–Crippen MR) is 108 cm³/mol. The number of fused-ring (bicyclic) bond motifs is 1. The minimum atomic E-state index is -0.337. The molecule has 2 amide bonds. The van der Waals surface area contributed by atoms with Crippen LogP contribution in [0.25, 0.3) is 0 Å². The molecular weight excluding hydrogens is 395 g/mol. The molecule has 2 N–H and O–H groups in total. The van der Waals surface area contributed by atoms with Crippen LogP contribution in [0.1, 0.15) is 29.7 Å². The van der Waals surface area contributed by atoms with Gasteiger partial charge in [-0.15, -0.1) is 0 Å². The Morgan fingerprint density at radius 2 is 2.07 bits per heavy atom. The van der Waals surface area contributed by atoms with E-state index in [-0.39, 0.29) is 36.7 Å². The lowest BCUT2D eigenvalue weighted by Crippen LogP contribution is -2.34. The van der Waals surface area contributed by atoms with Gasteiger partial charge < -0.3 is 15.4 Å². The smallest absolute Gasteiger partial charge is 0.241 e. The Bertz CT molecular complexity index is 894. The van der Waals surface area contributed by atoms with Gasteiger partial charge in [-0.05, 0) is 30.5 Å². The molecule has 2 aliphatic heterocycles. The van der Waals surface area contributed by atoms with E-state index in [0.29, 0.717) is 12.4 Å². The summed E-state index contributed by atoms with van der Waals surface area (Å²) in [4.78, 5) is 24.9. The first-order chi connectivity index (χ1) is 14.1. The molecule has 7 nitrogen and oxygen atoms in total. The summed E-state index contributed by atoms with van der Waals surface area (Å²) in [5.74, 6) is 1.36. The van der Waals surface area contributed by atoms with Gasteiger partial charge in [-0.3, -0.25) is 9.59 Å². The van der Waals surface area contributed by atoms with Crippen LogP contribution in [0.15, 0.2) is 24.3 Å². The van der Waals surface area contributed by atoms with Gasteiger partial charge in [0, 0.05) is 30.2 Å². The van der Waals surface area contributed by atoms with Crippen molar-refractivity contribution in [3.63, 3.8) is 0 Å². The van der Waals surface area contributed by atoms with Crippen molar-refractivity contribution in [3.05, 3.63) is 46.9 Å². The third-order valence-corrected chi connectivity index (χ3v) is 5.97. The zero-order valence-corrected chi connectivity index (χ0v) is 16.8. The van der Waals surface area contributed by atoms with Crippen molar-refractivity contribution in [2.45, 2.75) is 43.4 Å². The van der Waals surface area contributed by atoms with Gasteiger partial charge in [0.25, 0.3) is 0 Å². The van der Waals surface area contributed by atoms with Crippen molar-refractivity contribution >= 4 is 29.4 Å². The Kier molecular flexibility index (Phi) is 6.15. The van der Waals surface area contributed by atoms with Crippen molar-refractivity contribution in [1.82, 2.24) is 15.1 Å². The third kappa shape index (κ3) is 4.97. The second kappa shape index (κ2) is 8.96. The average Bonchev–Trinajstić information content (AvgIpc) is 3.42. The number of amides is 2. The molecule has 29 heavy (non-hydrogen) atoms. The van der Waals surface area contributed by atoms with Gasteiger partial charge in [0.1, 0.15) is 18.2 Å². The van der Waals surface area contributed by atoms with Crippen LogP contribution < -0.4 is 10.6 Å². The van der Waals surface area contributed by atoms with Gasteiger partial charge in [0.15, 0.2) is 0 Å². The van der Waals surface area contributed by atoms with Gasteiger partial charge in [-0.2, -0.15) is 16.9 Å². The van der Waals surface area contributed by atoms with Crippen molar-refractivity contribution in [3.8, 4) is 0 Å². The average molecular weight is 418 g/mol. The lowest BCUT2D eigenvalue weighted by Gasteiger charge is -2.13. The Labute approximate surface area is 172 Å². The number of halogens is 1. The van der Waals surface area contributed by atoms with E-state index in [2.05, 4.69) is 15.7 Å². The van der Waals surface area contributed by atoms with Crippen LogP contribution in [0, 0.1) is 5.82 Å². The van der Waals surface area contributed by atoms with Crippen LogP contribution in [0.5, 0.6) is 0 Å². The van der Waals surface area contributed by atoms with Gasteiger partial charge in [-0.25, -0.2) is 9.07 Å². The molecule has 0 radical (unpaired) electrons. The normalized spacial score (nSPS) is 17.9. The second-order valence-corrected chi connectivity index (χ2v) is 8.20. The lowest BCUT2D eigenvalue weighted by molar-refractivity contribution is -0.122. The summed E-state index contributed by atoms with van der Waals surface area (Å²) in [6, 6.07) is 5.84. The highest BCUT2D eigenvalue weighted by atomic mass is 32.2. The Balaban J connectivity index is 1.41. The van der Waals surface area contributed by atoms with Crippen LogP contribution in [0.2, 0.25) is 0 Å². The molecule has 2 aliphatic rings. The quantitative estimate of drug-likeness (QED) is 0.720. The molecule has 1 saturated heterocycles. The fraction of sp³-hybridized carbons (Fsp3) is 0.450. The fourth-order valence-corrected chi connectivity index (χ4v) is 4.54. The molecule has 1 aromatic carbocycles. The highest BCUT2D eigenvalue weighted by molar-refractivity contribution is 7.98. The van der Waals surface area contributed by atoms with Crippen LogP contribution in [-0.2, 0) is 38.8 Å². The molecule has 2 aromatic rings. The van der Waals surface area contributed by atoms with Crippen LogP contribution in [0.3, 0.4) is 0 Å². The first-order valence-electron chi connectivity index (χ1n) is 9.67. The number of rotatable bonds is 7. The minimum Gasteiger partial charge on any atom is -0.376 e. The monoisotopic (exact) mass is 418 g/mol. The molecule has 9 heteroatoms. The maximum atomic E-state index is 13.1. The highest BCUT2D eigenvalue weighted by Crippen LogP contribution is 2.34. The SMILES string of the molecule is O=C(Cn1nc2c(c1NC(=O)Cc1ccc(F)cc1)CSC2)NCC1CCCO1. The molecule has 1 atom stereocenters. The summed E-state index contributed by atoms with van der Waals surface area (Å²) >= 11 is 1.73. The number of nitrogens with one attached hydrogen (secondary N) is 2. The van der Waals surface area contributed by atoms with Crippen molar-refractivity contribution in [1.29, 1.82) is 0 Å². The number of carbonyl (C=O) groups excluding carboxylic acids is 2. The summed E-state index contributed by atoms with van der Waals surface area (Å²) in [7, 11) is 0. The van der Waals surface area contributed by atoms with Gasteiger partial charge in [-0.1, -0.05) is 12.1 Å². The maximum absolute atomic E-state index is 13.1. The summed E-state index contributed by atoms with van der Waals surface area (Å²) in [6.45, 7) is 1.27. The molecule has 0 aliphatic carbocycles. The number of ether oxygens (including phenoxy) is 1. The molecule has 1 unspecified atom stereocenters. The first kappa shape index (κ1) is 19.9. The Morgan fingerprint density at radius 3 is 2.83 bits per heavy atom. The molecule has 0 saturated carbocycles. The predicted octanol–water partition coefficient (Wildman–Crippen LogP) is 2.25. The van der Waals surface area contributed by atoms with Crippen molar-refractivity contribution in [2.24, 2.45) is 0 Å². The number of thioether (sulfide) groups is 1. The molecule has 154 valence electrons. The number of nitrogens with zero attached hydrogens (tertiary/aromatic N) is 2. The number of anilines is 1. The number of carbonyl (C=O) groups is 2. The first-order valence-corrected chi connectivity index (χ1v) is 10.8. The lowest BCUT2D eigenvalue weighted by atomic mass is 10.1. The van der Waals surface area contributed by atoms with E-state index in [0.717, 1.165) is 47.8 Å². The van der Waals surface area contributed by atoms with Gasteiger partial charge in [0.05, 0.1) is 18.2 Å². The van der Waals surface area contributed by atoms with Crippen molar-refractivity contribution < 1.29 is 18.7 Å².